The number of hydrogen-bond acceptors (Lipinski definition) is 7. The van der Waals surface area contributed by atoms with Crippen LogP contribution in [0.5, 0.6) is 0 Å². The number of unbranched alkanes of at least 4 members (excludes halogenated alkanes) is 29. The average molecular weight is 799 g/mol. The lowest BCUT2D eigenvalue weighted by atomic mass is 10.0. The van der Waals surface area contributed by atoms with Crippen molar-refractivity contribution >= 4 is 17.9 Å². The summed E-state index contributed by atoms with van der Waals surface area (Å²) in [6.07, 6.45) is 37.2. The highest BCUT2D eigenvalue weighted by atomic mass is 16.7. The Morgan fingerprint density at radius 2 is 0.804 bits per heavy atom. The molecule has 0 aromatic carbocycles. The van der Waals surface area contributed by atoms with Crippen molar-refractivity contribution in [2.24, 2.45) is 0 Å². The van der Waals surface area contributed by atoms with Gasteiger partial charge < -0.3 is 28.5 Å². The molecular weight excluding hydrogens is 707 g/mol. The zero-order valence-electron chi connectivity index (χ0n) is 37.6. The van der Waals surface area contributed by atoms with E-state index in [9.17, 15) is 19.5 Å². The molecule has 0 spiro atoms. The minimum Gasteiger partial charge on any atom is -0.477 e. The highest BCUT2D eigenvalue weighted by Crippen LogP contribution is 2.16. The predicted molar refractivity (Wildman–Crippen MR) is 231 cm³/mol. The van der Waals surface area contributed by atoms with Crippen molar-refractivity contribution in [3.05, 3.63) is 0 Å². The van der Waals surface area contributed by atoms with Gasteiger partial charge in [-0.3, -0.25) is 9.59 Å². The van der Waals surface area contributed by atoms with Gasteiger partial charge in [0.1, 0.15) is 13.2 Å². The lowest BCUT2D eigenvalue weighted by Gasteiger charge is -2.25. The number of carboxylic acids is 1. The van der Waals surface area contributed by atoms with Gasteiger partial charge in [-0.15, -0.1) is 0 Å². The van der Waals surface area contributed by atoms with Gasteiger partial charge in [0.15, 0.2) is 6.10 Å². The Kier molecular flexibility index (Phi) is 38.9. The number of carbonyl (C=O) groups is 3. The molecule has 9 nitrogen and oxygen atoms in total. The maximum absolute atomic E-state index is 12.8. The Hall–Kier alpha value is -1.71. The first-order valence-electron chi connectivity index (χ1n) is 23.7. The van der Waals surface area contributed by atoms with E-state index < -0.39 is 18.4 Å². The number of aliphatic carboxylic acids is 1. The van der Waals surface area contributed by atoms with Crippen LogP contribution in [0.1, 0.15) is 226 Å². The van der Waals surface area contributed by atoms with Crippen molar-refractivity contribution in [1.29, 1.82) is 0 Å². The lowest BCUT2D eigenvalue weighted by Crippen LogP contribution is -2.40. The minimum atomic E-state index is -1.50. The van der Waals surface area contributed by atoms with Crippen LogP contribution in [0.15, 0.2) is 0 Å². The fourth-order valence-electron chi connectivity index (χ4n) is 6.90. The van der Waals surface area contributed by atoms with Gasteiger partial charge in [-0.1, -0.05) is 200 Å². The fourth-order valence-corrected chi connectivity index (χ4v) is 6.90. The molecule has 1 N–H and O–H groups in total. The highest BCUT2D eigenvalue weighted by molar-refractivity contribution is 5.71. The summed E-state index contributed by atoms with van der Waals surface area (Å²) in [7, 11) is 5.97. The van der Waals surface area contributed by atoms with Crippen LogP contribution in [0.4, 0.5) is 0 Å². The molecule has 0 aromatic heterocycles. The van der Waals surface area contributed by atoms with Crippen LogP contribution in [-0.4, -0.2) is 87.4 Å². The number of ether oxygens (including phenoxy) is 4. The summed E-state index contributed by atoms with van der Waals surface area (Å²) in [5, 5.41) is 9.64. The number of carboxylic acid groups (broad SMARTS) is 1. The number of esters is 2. The molecular formula is C47H92NO8+. The SMILES string of the molecule is CCCCCCCCCCCCCCCCCCCC(=O)OC(COC(=O)CCCCCCCCCCCCCCCC)COC(OCC[N+](C)(C)C)C(=O)O. The minimum absolute atomic E-state index is 0.173. The molecule has 0 aliphatic heterocycles. The fraction of sp³-hybridized carbons (Fsp3) is 0.936. The van der Waals surface area contributed by atoms with Crippen molar-refractivity contribution in [1.82, 2.24) is 0 Å². The summed E-state index contributed by atoms with van der Waals surface area (Å²) in [5.74, 6) is -1.98. The van der Waals surface area contributed by atoms with Gasteiger partial charge >= 0.3 is 17.9 Å². The second kappa shape index (κ2) is 40.1. The third kappa shape index (κ3) is 40.5. The van der Waals surface area contributed by atoms with Gasteiger partial charge in [-0.25, -0.2) is 4.79 Å². The molecule has 9 heteroatoms. The van der Waals surface area contributed by atoms with Crippen LogP contribution in [0, 0.1) is 0 Å². The van der Waals surface area contributed by atoms with Crippen molar-refractivity contribution in [3.63, 3.8) is 0 Å². The molecule has 0 amide bonds. The van der Waals surface area contributed by atoms with E-state index in [1.165, 1.54) is 161 Å². The molecule has 0 fully saturated rings. The Morgan fingerprint density at radius 3 is 1.14 bits per heavy atom. The molecule has 0 bridgehead atoms. The molecule has 2 unspecified atom stereocenters. The van der Waals surface area contributed by atoms with Crippen molar-refractivity contribution in [2.75, 3.05) is 47.5 Å². The standard InChI is InChI=1S/C47H91NO8/c1-6-8-10-12-14-16-18-20-22-23-24-26-28-30-32-34-36-38-45(50)56-43(42-55-47(46(51)52)53-40-39-48(3,4)5)41-54-44(49)37-35-33-31-29-27-25-21-19-17-15-13-11-9-7-2/h43,47H,6-42H2,1-5H3/p+1. The summed E-state index contributed by atoms with van der Waals surface area (Å²) in [6, 6.07) is 0. The summed E-state index contributed by atoms with van der Waals surface area (Å²) < 4.78 is 22.8. The van der Waals surface area contributed by atoms with Crippen LogP contribution in [-0.2, 0) is 33.3 Å². The van der Waals surface area contributed by atoms with E-state index >= 15 is 0 Å². The third-order valence-electron chi connectivity index (χ3n) is 10.6. The molecule has 0 rings (SSSR count). The highest BCUT2D eigenvalue weighted by Gasteiger charge is 2.25. The number of hydrogen-bond donors (Lipinski definition) is 1. The molecule has 0 aliphatic carbocycles. The smallest absolute Gasteiger partial charge is 0.361 e. The summed E-state index contributed by atoms with van der Waals surface area (Å²) in [4.78, 5) is 37.1. The topological polar surface area (TPSA) is 108 Å². The maximum Gasteiger partial charge on any atom is 0.361 e. The van der Waals surface area contributed by atoms with Gasteiger partial charge in [0.25, 0.3) is 6.29 Å². The van der Waals surface area contributed by atoms with E-state index in [2.05, 4.69) is 13.8 Å². The zero-order valence-corrected chi connectivity index (χ0v) is 37.6. The van der Waals surface area contributed by atoms with Crippen molar-refractivity contribution in [3.8, 4) is 0 Å². The van der Waals surface area contributed by atoms with Gasteiger partial charge in [0.2, 0.25) is 0 Å². The molecule has 332 valence electrons. The van der Waals surface area contributed by atoms with Crippen molar-refractivity contribution < 1.29 is 42.9 Å². The van der Waals surface area contributed by atoms with E-state index in [1.54, 1.807) is 0 Å². The largest absolute Gasteiger partial charge is 0.477 e. The molecule has 2 atom stereocenters. The number of quaternary nitrogens is 1. The quantitative estimate of drug-likeness (QED) is 0.0281. The second-order valence-corrected chi connectivity index (χ2v) is 17.4. The van der Waals surface area contributed by atoms with E-state index in [4.69, 9.17) is 18.9 Å². The summed E-state index contributed by atoms with van der Waals surface area (Å²) in [6.45, 7) is 4.91. The van der Waals surface area contributed by atoms with Crippen molar-refractivity contribution in [2.45, 2.75) is 238 Å². The Balaban J connectivity index is 4.36. The maximum atomic E-state index is 12.8. The first kappa shape index (κ1) is 54.3. The Bertz CT molecular complexity index is 892. The van der Waals surface area contributed by atoms with Crippen LogP contribution in [0.2, 0.25) is 0 Å². The second-order valence-electron chi connectivity index (χ2n) is 17.4. The van der Waals surface area contributed by atoms with E-state index in [1.807, 2.05) is 21.1 Å². The Morgan fingerprint density at radius 1 is 0.464 bits per heavy atom. The molecule has 56 heavy (non-hydrogen) atoms. The monoisotopic (exact) mass is 799 g/mol. The van der Waals surface area contributed by atoms with E-state index in [0.29, 0.717) is 17.4 Å². The summed E-state index contributed by atoms with van der Waals surface area (Å²) >= 11 is 0. The predicted octanol–water partition coefficient (Wildman–Crippen LogP) is 12.5. The Labute approximate surface area is 345 Å². The zero-order chi connectivity index (χ0) is 41.4. The summed E-state index contributed by atoms with van der Waals surface area (Å²) in [5.41, 5.74) is 0. The number of rotatable bonds is 44. The first-order valence-corrected chi connectivity index (χ1v) is 23.7. The van der Waals surface area contributed by atoms with Gasteiger partial charge in [0.05, 0.1) is 34.4 Å². The van der Waals surface area contributed by atoms with Gasteiger partial charge in [0, 0.05) is 12.8 Å². The van der Waals surface area contributed by atoms with Crippen LogP contribution >= 0.6 is 0 Å². The van der Waals surface area contributed by atoms with E-state index in [-0.39, 0.29) is 38.2 Å². The van der Waals surface area contributed by atoms with Crippen LogP contribution in [0.25, 0.3) is 0 Å². The van der Waals surface area contributed by atoms with Crippen LogP contribution < -0.4 is 0 Å². The number of nitrogens with zero attached hydrogens (tertiary/aromatic N) is 1. The molecule has 0 saturated heterocycles. The number of likely N-dealkylation sites (N-methyl/N-ethyl adjacent to an activating group) is 1. The third-order valence-corrected chi connectivity index (χ3v) is 10.6. The normalized spacial score (nSPS) is 12.8. The van der Waals surface area contributed by atoms with Gasteiger partial charge in [-0.2, -0.15) is 0 Å². The molecule has 0 aromatic rings. The van der Waals surface area contributed by atoms with Crippen LogP contribution in [0.3, 0.4) is 0 Å². The van der Waals surface area contributed by atoms with Gasteiger partial charge in [-0.05, 0) is 12.8 Å². The van der Waals surface area contributed by atoms with E-state index in [0.717, 1.165) is 38.5 Å². The number of carbonyl (C=O) groups excluding carboxylic acids is 2. The first-order chi connectivity index (χ1) is 27.1. The lowest BCUT2D eigenvalue weighted by molar-refractivity contribution is -0.870. The molecule has 0 radical (unpaired) electrons. The molecule has 0 heterocycles. The molecule has 0 aliphatic rings. The molecule has 0 saturated carbocycles. The average Bonchev–Trinajstić information content (AvgIpc) is 3.15.